The summed E-state index contributed by atoms with van der Waals surface area (Å²) in [6, 6.07) is 8.07. The standard InChI is InChI=1S/C25H27NO8/c1-6-34-20-12-16-11-18(24(28)32-4)23(25(29)33-5)22(17(16)14-19(20)31-3)15-7-8-26(9-10-30-2)21(27)13-15/h7-8,11-14H,6,9-10H2,1-5H3. The number of rotatable bonds is 9. The van der Waals surface area contributed by atoms with E-state index in [-0.39, 0.29) is 16.7 Å². The summed E-state index contributed by atoms with van der Waals surface area (Å²) in [6.07, 6.45) is 1.61. The van der Waals surface area contributed by atoms with Gasteiger partial charge in [-0.3, -0.25) is 4.79 Å². The van der Waals surface area contributed by atoms with E-state index in [1.807, 2.05) is 6.92 Å². The average Bonchev–Trinajstić information content (AvgIpc) is 2.85. The molecule has 1 heterocycles. The molecule has 180 valence electrons. The minimum atomic E-state index is -0.742. The second kappa shape index (κ2) is 10.8. The van der Waals surface area contributed by atoms with Crippen LogP contribution in [0.5, 0.6) is 11.5 Å². The van der Waals surface area contributed by atoms with Crippen molar-refractivity contribution >= 4 is 22.7 Å². The van der Waals surface area contributed by atoms with E-state index in [1.165, 1.54) is 32.0 Å². The quantitative estimate of drug-likeness (QED) is 0.440. The topological polar surface area (TPSA) is 102 Å². The van der Waals surface area contributed by atoms with Gasteiger partial charge in [0.05, 0.1) is 45.7 Å². The summed E-state index contributed by atoms with van der Waals surface area (Å²) in [5.41, 5.74) is 0.484. The zero-order valence-electron chi connectivity index (χ0n) is 19.8. The highest BCUT2D eigenvalue weighted by atomic mass is 16.5. The van der Waals surface area contributed by atoms with Crippen molar-refractivity contribution in [3.05, 3.63) is 58.0 Å². The van der Waals surface area contributed by atoms with Gasteiger partial charge < -0.3 is 28.3 Å². The van der Waals surface area contributed by atoms with Gasteiger partial charge in [0.25, 0.3) is 5.56 Å². The minimum Gasteiger partial charge on any atom is -0.493 e. The van der Waals surface area contributed by atoms with Gasteiger partial charge >= 0.3 is 11.9 Å². The zero-order valence-corrected chi connectivity index (χ0v) is 19.8. The number of esters is 2. The van der Waals surface area contributed by atoms with Crippen molar-refractivity contribution in [1.29, 1.82) is 0 Å². The van der Waals surface area contributed by atoms with Crippen LogP contribution in [0.15, 0.2) is 41.3 Å². The van der Waals surface area contributed by atoms with Crippen molar-refractivity contribution in [2.75, 3.05) is 41.7 Å². The Balaban J connectivity index is 2.45. The van der Waals surface area contributed by atoms with Crippen LogP contribution in [0, 0.1) is 0 Å². The maximum atomic E-state index is 12.9. The molecule has 3 rings (SSSR count). The maximum absolute atomic E-state index is 12.9. The summed E-state index contributed by atoms with van der Waals surface area (Å²) in [5, 5.41) is 1.17. The van der Waals surface area contributed by atoms with Crippen LogP contribution >= 0.6 is 0 Å². The van der Waals surface area contributed by atoms with E-state index >= 15 is 0 Å². The summed E-state index contributed by atoms with van der Waals surface area (Å²) in [5.74, 6) is -0.551. The summed E-state index contributed by atoms with van der Waals surface area (Å²) in [4.78, 5) is 38.4. The average molecular weight is 469 g/mol. The third-order valence-corrected chi connectivity index (χ3v) is 5.34. The van der Waals surface area contributed by atoms with Crippen LogP contribution in [0.4, 0.5) is 0 Å². The van der Waals surface area contributed by atoms with Crippen molar-refractivity contribution in [2.24, 2.45) is 0 Å². The molecule has 9 nitrogen and oxygen atoms in total. The normalized spacial score (nSPS) is 10.7. The molecule has 0 spiro atoms. The molecule has 3 aromatic rings. The molecule has 0 N–H and O–H groups in total. The van der Waals surface area contributed by atoms with Crippen LogP contribution in [0.25, 0.3) is 21.9 Å². The Morgan fingerprint density at radius 3 is 2.26 bits per heavy atom. The van der Waals surface area contributed by atoms with Gasteiger partial charge in [0.15, 0.2) is 11.5 Å². The van der Waals surface area contributed by atoms with E-state index in [0.29, 0.717) is 53.2 Å². The number of hydrogen-bond donors (Lipinski definition) is 0. The van der Waals surface area contributed by atoms with Crippen LogP contribution < -0.4 is 15.0 Å². The van der Waals surface area contributed by atoms with E-state index < -0.39 is 11.9 Å². The Bertz CT molecular complexity index is 1280. The number of pyridine rings is 1. The van der Waals surface area contributed by atoms with Crippen molar-refractivity contribution < 1.29 is 33.3 Å². The molecule has 0 atom stereocenters. The lowest BCUT2D eigenvalue weighted by Gasteiger charge is -2.18. The van der Waals surface area contributed by atoms with E-state index in [0.717, 1.165) is 0 Å². The molecule has 34 heavy (non-hydrogen) atoms. The second-order valence-electron chi connectivity index (χ2n) is 7.25. The molecule has 0 bridgehead atoms. The maximum Gasteiger partial charge on any atom is 0.339 e. The number of carbonyl (C=O) groups excluding carboxylic acids is 2. The largest absolute Gasteiger partial charge is 0.493 e. The van der Waals surface area contributed by atoms with Crippen LogP contribution in [0.1, 0.15) is 27.6 Å². The fourth-order valence-electron chi connectivity index (χ4n) is 3.76. The van der Waals surface area contributed by atoms with E-state index in [9.17, 15) is 14.4 Å². The summed E-state index contributed by atoms with van der Waals surface area (Å²) in [7, 11) is 5.50. The van der Waals surface area contributed by atoms with Gasteiger partial charge in [0, 0.05) is 31.5 Å². The number of nitrogens with zero attached hydrogens (tertiary/aromatic N) is 1. The molecule has 2 aromatic carbocycles. The molecule has 0 saturated heterocycles. The fraction of sp³-hybridized carbons (Fsp3) is 0.320. The van der Waals surface area contributed by atoms with Crippen molar-refractivity contribution in [3.8, 4) is 22.6 Å². The molecule has 0 saturated carbocycles. The molecule has 0 aliphatic carbocycles. The van der Waals surface area contributed by atoms with Crippen LogP contribution in [-0.2, 0) is 20.8 Å². The predicted octanol–water partition coefficient (Wildman–Crippen LogP) is 3.30. The monoisotopic (exact) mass is 469 g/mol. The van der Waals surface area contributed by atoms with Crippen LogP contribution in [0.2, 0.25) is 0 Å². The molecule has 1 aromatic heterocycles. The van der Waals surface area contributed by atoms with Gasteiger partial charge in [-0.05, 0) is 47.5 Å². The van der Waals surface area contributed by atoms with Crippen molar-refractivity contribution in [3.63, 3.8) is 0 Å². The minimum absolute atomic E-state index is 0.00743. The van der Waals surface area contributed by atoms with Crippen LogP contribution in [-0.4, -0.2) is 58.2 Å². The summed E-state index contributed by atoms with van der Waals surface area (Å²) >= 11 is 0. The summed E-state index contributed by atoms with van der Waals surface area (Å²) in [6.45, 7) is 2.98. The molecular formula is C25H27NO8. The number of hydrogen-bond acceptors (Lipinski definition) is 8. The molecule has 0 radical (unpaired) electrons. The molecule has 0 aliphatic rings. The molecule has 9 heteroatoms. The lowest BCUT2D eigenvalue weighted by Crippen LogP contribution is -2.21. The lowest BCUT2D eigenvalue weighted by molar-refractivity contribution is 0.0556. The lowest BCUT2D eigenvalue weighted by atomic mass is 9.89. The highest BCUT2D eigenvalue weighted by Gasteiger charge is 2.27. The second-order valence-corrected chi connectivity index (χ2v) is 7.25. The van der Waals surface area contributed by atoms with Gasteiger partial charge in [-0.15, -0.1) is 0 Å². The van der Waals surface area contributed by atoms with Gasteiger partial charge in [-0.1, -0.05) is 0 Å². The fourth-order valence-corrected chi connectivity index (χ4v) is 3.76. The highest BCUT2D eigenvalue weighted by Crippen LogP contribution is 2.40. The molecule has 0 fully saturated rings. The number of aromatic nitrogens is 1. The Hall–Kier alpha value is -3.85. The number of fused-ring (bicyclic) bond motifs is 1. The highest BCUT2D eigenvalue weighted by molar-refractivity contribution is 6.15. The van der Waals surface area contributed by atoms with Gasteiger partial charge in [-0.2, -0.15) is 0 Å². The van der Waals surface area contributed by atoms with E-state index in [4.69, 9.17) is 23.7 Å². The van der Waals surface area contributed by atoms with Gasteiger partial charge in [0.1, 0.15) is 0 Å². The zero-order chi connectivity index (χ0) is 24.8. The number of benzene rings is 2. The molecule has 0 amide bonds. The summed E-state index contributed by atoms with van der Waals surface area (Å²) < 4.78 is 27.7. The third kappa shape index (κ3) is 4.74. The van der Waals surface area contributed by atoms with E-state index in [2.05, 4.69) is 0 Å². The van der Waals surface area contributed by atoms with Crippen LogP contribution in [0.3, 0.4) is 0 Å². The Kier molecular flexibility index (Phi) is 7.91. The van der Waals surface area contributed by atoms with Crippen molar-refractivity contribution in [2.45, 2.75) is 13.5 Å². The Morgan fingerprint density at radius 2 is 1.68 bits per heavy atom. The Labute approximate surface area is 196 Å². The van der Waals surface area contributed by atoms with Crippen molar-refractivity contribution in [1.82, 2.24) is 4.57 Å². The van der Waals surface area contributed by atoms with Gasteiger partial charge in [-0.25, -0.2) is 9.59 Å². The first kappa shape index (κ1) is 24.8. The number of carbonyl (C=O) groups is 2. The number of methoxy groups -OCH3 is 4. The third-order valence-electron chi connectivity index (χ3n) is 5.34. The first-order chi connectivity index (χ1) is 16.4. The smallest absolute Gasteiger partial charge is 0.339 e. The van der Waals surface area contributed by atoms with Gasteiger partial charge in [0.2, 0.25) is 0 Å². The predicted molar refractivity (Wildman–Crippen MR) is 126 cm³/mol. The molecular weight excluding hydrogens is 442 g/mol. The molecule has 0 aliphatic heterocycles. The first-order valence-corrected chi connectivity index (χ1v) is 10.6. The Morgan fingerprint density at radius 1 is 0.941 bits per heavy atom. The van der Waals surface area contributed by atoms with E-state index in [1.54, 1.807) is 37.6 Å². The first-order valence-electron chi connectivity index (χ1n) is 10.6. The number of ether oxygens (including phenoxy) is 5. The molecule has 0 unspecified atom stereocenters. The SMILES string of the molecule is CCOc1cc2cc(C(=O)OC)c(C(=O)OC)c(-c3ccn(CCOC)c(=O)c3)c2cc1OC.